The van der Waals surface area contributed by atoms with Crippen molar-refractivity contribution in [2.24, 2.45) is 11.3 Å². The Kier molecular flexibility index (Phi) is 6.04. The molecule has 1 aromatic heterocycles. The molecule has 0 spiro atoms. The quantitative estimate of drug-likeness (QED) is 0.762. The molecule has 4 rings (SSSR count). The summed E-state index contributed by atoms with van der Waals surface area (Å²) in [6.07, 6.45) is 5.57. The third kappa shape index (κ3) is 4.25. The van der Waals surface area contributed by atoms with E-state index in [0.717, 1.165) is 44.2 Å². The van der Waals surface area contributed by atoms with E-state index in [1.807, 2.05) is 11.8 Å². The lowest BCUT2D eigenvalue weighted by Gasteiger charge is -2.43. The van der Waals surface area contributed by atoms with Gasteiger partial charge in [0, 0.05) is 30.4 Å². The van der Waals surface area contributed by atoms with Crippen LogP contribution in [0.5, 0.6) is 0 Å². The van der Waals surface area contributed by atoms with Gasteiger partial charge in [-0.1, -0.05) is 36.8 Å². The number of amides is 2. The van der Waals surface area contributed by atoms with Gasteiger partial charge in [-0.2, -0.15) is 0 Å². The van der Waals surface area contributed by atoms with E-state index in [4.69, 9.17) is 0 Å². The molecule has 1 aliphatic heterocycles. The number of hydrogen-bond acceptors (Lipinski definition) is 3. The number of hydrogen-bond donors (Lipinski definition) is 1. The Morgan fingerprint density at radius 3 is 2.59 bits per heavy atom. The van der Waals surface area contributed by atoms with Crippen molar-refractivity contribution in [2.75, 3.05) is 19.6 Å². The Morgan fingerprint density at radius 1 is 1.17 bits per heavy atom. The summed E-state index contributed by atoms with van der Waals surface area (Å²) in [4.78, 5) is 29.3. The summed E-state index contributed by atoms with van der Waals surface area (Å²) in [6.45, 7) is 3.91. The fourth-order valence-electron chi connectivity index (χ4n) is 4.61. The molecule has 2 fully saturated rings. The number of rotatable bonds is 6. The Bertz CT molecular complexity index is 842. The van der Waals surface area contributed by atoms with Crippen LogP contribution in [0.4, 0.5) is 0 Å². The number of likely N-dealkylation sites (tertiary alicyclic amines) is 1. The molecule has 4 nitrogen and oxygen atoms in total. The second-order valence-electron chi connectivity index (χ2n) is 8.48. The maximum Gasteiger partial charge on any atom is 0.228 e. The minimum absolute atomic E-state index is 0.0912. The van der Waals surface area contributed by atoms with Crippen LogP contribution in [0.1, 0.15) is 44.6 Å². The lowest BCUT2D eigenvalue weighted by Crippen LogP contribution is -2.55. The number of nitrogens with one attached hydrogen (secondary N) is 1. The van der Waals surface area contributed by atoms with Crippen LogP contribution >= 0.6 is 11.3 Å². The van der Waals surface area contributed by atoms with Gasteiger partial charge in [0.15, 0.2) is 0 Å². The predicted molar refractivity (Wildman–Crippen MR) is 118 cm³/mol. The zero-order valence-corrected chi connectivity index (χ0v) is 18.0. The van der Waals surface area contributed by atoms with Gasteiger partial charge < -0.3 is 10.2 Å². The van der Waals surface area contributed by atoms with Gasteiger partial charge in [0.25, 0.3) is 0 Å². The number of benzene rings is 1. The molecular formula is C24H30N2O2S. The summed E-state index contributed by atoms with van der Waals surface area (Å²) in [6, 6.07) is 12.8. The molecule has 1 N–H and O–H groups in total. The monoisotopic (exact) mass is 410 g/mol. The number of piperidine rings is 1. The van der Waals surface area contributed by atoms with Crippen molar-refractivity contribution in [3.63, 3.8) is 0 Å². The highest BCUT2D eigenvalue weighted by molar-refractivity contribution is 7.13. The molecular weight excluding hydrogens is 380 g/mol. The van der Waals surface area contributed by atoms with Gasteiger partial charge in [-0.15, -0.1) is 11.3 Å². The normalized spacial score (nSPS) is 22.2. The molecule has 0 bridgehead atoms. The lowest BCUT2D eigenvalue weighted by molar-refractivity contribution is -0.146. The van der Waals surface area contributed by atoms with E-state index in [0.29, 0.717) is 19.5 Å². The van der Waals surface area contributed by atoms with Crippen molar-refractivity contribution < 1.29 is 9.59 Å². The second kappa shape index (κ2) is 8.70. The summed E-state index contributed by atoms with van der Waals surface area (Å²) < 4.78 is 0. The van der Waals surface area contributed by atoms with E-state index in [2.05, 4.69) is 47.1 Å². The van der Waals surface area contributed by atoms with Crippen molar-refractivity contribution in [2.45, 2.75) is 45.4 Å². The van der Waals surface area contributed by atoms with Gasteiger partial charge in [-0.25, -0.2) is 0 Å². The van der Waals surface area contributed by atoms with Gasteiger partial charge in [-0.3, -0.25) is 9.59 Å². The van der Waals surface area contributed by atoms with Crippen LogP contribution in [0.25, 0.3) is 10.4 Å². The Hall–Kier alpha value is -2.14. The van der Waals surface area contributed by atoms with E-state index in [1.54, 1.807) is 11.3 Å². The van der Waals surface area contributed by atoms with Gasteiger partial charge in [0.1, 0.15) is 0 Å². The molecule has 2 aliphatic rings. The standard InChI is InChI=1S/C24H30N2O2S/c1-2-25-23(28)24(13-5-14-26(17-24)22(27)20-6-3-7-20)16-18-9-11-19(12-10-18)21-8-4-15-29-21/h4,8-12,15,20H,2-3,5-7,13-14,16-17H2,1H3,(H,25,28)/t24-/m0/s1. The van der Waals surface area contributed by atoms with Crippen molar-refractivity contribution >= 4 is 23.2 Å². The third-order valence-electron chi connectivity index (χ3n) is 6.46. The number of nitrogens with zero attached hydrogens (tertiary/aromatic N) is 1. The highest BCUT2D eigenvalue weighted by atomic mass is 32.1. The highest BCUT2D eigenvalue weighted by Crippen LogP contribution is 2.37. The summed E-state index contributed by atoms with van der Waals surface area (Å²) >= 11 is 1.73. The molecule has 1 aliphatic carbocycles. The molecule has 29 heavy (non-hydrogen) atoms. The van der Waals surface area contributed by atoms with E-state index in [1.165, 1.54) is 10.4 Å². The first-order chi connectivity index (χ1) is 14.1. The molecule has 0 radical (unpaired) electrons. The van der Waals surface area contributed by atoms with Gasteiger partial charge >= 0.3 is 0 Å². The Balaban J connectivity index is 1.54. The van der Waals surface area contributed by atoms with Gasteiger partial charge in [-0.05, 0) is 61.6 Å². The molecule has 1 atom stereocenters. The molecule has 1 aromatic carbocycles. The topological polar surface area (TPSA) is 49.4 Å². The molecule has 0 unspecified atom stereocenters. The highest BCUT2D eigenvalue weighted by Gasteiger charge is 2.44. The first kappa shape index (κ1) is 20.1. The molecule has 1 saturated carbocycles. The second-order valence-corrected chi connectivity index (χ2v) is 9.43. The Labute approximate surface area is 177 Å². The first-order valence-electron chi connectivity index (χ1n) is 10.8. The van der Waals surface area contributed by atoms with Crippen LogP contribution in [-0.4, -0.2) is 36.3 Å². The van der Waals surface area contributed by atoms with E-state index in [9.17, 15) is 9.59 Å². The zero-order chi connectivity index (χ0) is 20.3. The maximum absolute atomic E-state index is 13.2. The molecule has 5 heteroatoms. The van der Waals surface area contributed by atoms with Crippen molar-refractivity contribution in [3.8, 4) is 10.4 Å². The summed E-state index contributed by atoms with van der Waals surface area (Å²) in [7, 11) is 0. The average molecular weight is 411 g/mol. The van der Waals surface area contributed by atoms with Crippen LogP contribution in [0.2, 0.25) is 0 Å². The zero-order valence-electron chi connectivity index (χ0n) is 17.2. The minimum Gasteiger partial charge on any atom is -0.356 e. The molecule has 2 amide bonds. The van der Waals surface area contributed by atoms with Crippen molar-refractivity contribution in [1.82, 2.24) is 10.2 Å². The fourth-order valence-corrected chi connectivity index (χ4v) is 5.34. The van der Waals surface area contributed by atoms with Crippen LogP contribution < -0.4 is 5.32 Å². The van der Waals surface area contributed by atoms with E-state index in [-0.39, 0.29) is 17.7 Å². The summed E-state index contributed by atoms with van der Waals surface area (Å²) in [5.74, 6) is 0.538. The molecule has 2 heterocycles. The number of thiophene rings is 1. The lowest BCUT2D eigenvalue weighted by atomic mass is 9.73. The molecule has 2 aromatic rings. The third-order valence-corrected chi connectivity index (χ3v) is 7.38. The number of carbonyl (C=O) groups is 2. The first-order valence-corrected chi connectivity index (χ1v) is 11.7. The van der Waals surface area contributed by atoms with Crippen molar-refractivity contribution in [1.29, 1.82) is 0 Å². The van der Waals surface area contributed by atoms with Crippen LogP contribution in [0.15, 0.2) is 41.8 Å². The minimum atomic E-state index is -0.530. The summed E-state index contributed by atoms with van der Waals surface area (Å²) in [5.41, 5.74) is 1.84. The SMILES string of the molecule is CCNC(=O)[C@]1(Cc2ccc(-c3cccs3)cc2)CCCN(C(=O)C2CCC2)C1. The van der Waals surface area contributed by atoms with Crippen LogP contribution in [0.3, 0.4) is 0 Å². The van der Waals surface area contributed by atoms with Crippen LogP contribution in [0, 0.1) is 11.3 Å². The van der Waals surface area contributed by atoms with Crippen LogP contribution in [-0.2, 0) is 16.0 Å². The molecule has 154 valence electrons. The van der Waals surface area contributed by atoms with E-state index >= 15 is 0 Å². The Morgan fingerprint density at radius 2 is 1.97 bits per heavy atom. The number of carbonyl (C=O) groups excluding carboxylic acids is 2. The van der Waals surface area contributed by atoms with Gasteiger partial charge in [0.05, 0.1) is 5.41 Å². The fraction of sp³-hybridized carbons (Fsp3) is 0.500. The smallest absolute Gasteiger partial charge is 0.228 e. The van der Waals surface area contributed by atoms with Crippen molar-refractivity contribution in [3.05, 3.63) is 47.3 Å². The van der Waals surface area contributed by atoms with E-state index < -0.39 is 5.41 Å². The summed E-state index contributed by atoms with van der Waals surface area (Å²) in [5, 5.41) is 5.14. The predicted octanol–water partition coefficient (Wildman–Crippen LogP) is 4.50. The average Bonchev–Trinajstić information content (AvgIpc) is 3.22. The molecule has 1 saturated heterocycles. The van der Waals surface area contributed by atoms with Gasteiger partial charge in [0.2, 0.25) is 11.8 Å². The largest absolute Gasteiger partial charge is 0.356 e. The maximum atomic E-state index is 13.2.